The number of carbonyl (C=O) groups is 1. The third-order valence-corrected chi connectivity index (χ3v) is 9.49. The molecular weight excluding hydrogens is 522 g/mol. The molecule has 0 saturated heterocycles. The molecule has 0 radical (unpaired) electrons. The van der Waals surface area contributed by atoms with E-state index in [4.69, 9.17) is 9.47 Å². The summed E-state index contributed by atoms with van der Waals surface area (Å²) in [4.78, 5) is 18.2. The Kier molecular flexibility index (Phi) is 7.75. The lowest BCUT2D eigenvalue weighted by Gasteiger charge is -2.28. The fourth-order valence-electron chi connectivity index (χ4n) is 4.53. The molecule has 0 N–H and O–H groups in total. The highest BCUT2D eigenvalue weighted by molar-refractivity contribution is 7.89. The second-order valence-electron chi connectivity index (χ2n) is 8.87. The van der Waals surface area contributed by atoms with Crippen molar-refractivity contribution in [2.45, 2.75) is 31.3 Å². The van der Waals surface area contributed by atoms with E-state index in [1.54, 1.807) is 7.11 Å². The van der Waals surface area contributed by atoms with Crippen molar-refractivity contribution in [1.29, 1.82) is 0 Å². The molecule has 5 rings (SSSR count). The highest BCUT2D eigenvalue weighted by atomic mass is 32.2. The zero-order chi connectivity index (χ0) is 26.7. The fraction of sp³-hybridized carbons (Fsp3) is 0.286. The lowest BCUT2D eigenvalue weighted by Crippen LogP contribution is -2.35. The third kappa shape index (κ3) is 5.30. The first-order chi connectivity index (χ1) is 18.4. The quantitative estimate of drug-likeness (QED) is 0.306. The van der Waals surface area contributed by atoms with Crippen molar-refractivity contribution in [1.82, 2.24) is 8.87 Å². The number of amides is 1. The minimum Gasteiger partial charge on any atom is -0.497 e. The monoisotopic (exact) mass is 551 g/mol. The maximum Gasteiger partial charge on any atom is 0.279 e. The zero-order valence-electron chi connectivity index (χ0n) is 21.3. The normalized spacial score (nSPS) is 14.5. The summed E-state index contributed by atoms with van der Waals surface area (Å²) in [6.07, 6.45) is 0.676. The molecule has 0 saturated carbocycles. The summed E-state index contributed by atoms with van der Waals surface area (Å²) in [6.45, 7) is 4.33. The van der Waals surface area contributed by atoms with Crippen molar-refractivity contribution >= 4 is 37.5 Å². The van der Waals surface area contributed by atoms with Crippen LogP contribution in [0.4, 0.5) is 0 Å². The van der Waals surface area contributed by atoms with E-state index in [1.807, 2.05) is 54.0 Å². The van der Waals surface area contributed by atoms with E-state index < -0.39 is 15.9 Å². The average Bonchev–Trinajstić information content (AvgIpc) is 3.28. The standard InChI is InChI=1S/C28H29N3O5S2/c1-3-36-17-16-31-25-13-10-23(35-2)18-26(25)37-28(31)29-27(32)21-8-11-24(12-9-21)38(33,34)30-15-14-20-6-4-5-7-22(20)19-30/h4-13,18H,3,14-17,19H2,1-2H3. The van der Waals surface area contributed by atoms with Gasteiger partial charge in [-0.25, -0.2) is 8.42 Å². The van der Waals surface area contributed by atoms with E-state index >= 15 is 0 Å². The van der Waals surface area contributed by atoms with Gasteiger partial charge in [-0.05, 0) is 66.9 Å². The molecule has 1 aliphatic rings. The van der Waals surface area contributed by atoms with Crippen molar-refractivity contribution < 1.29 is 22.7 Å². The van der Waals surface area contributed by atoms with Crippen molar-refractivity contribution in [3.05, 3.63) is 88.2 Å². The first kappa shape index (κ1) is 26.3. The molecule has 0 spiro atoms. The Hall–Kier alpha value is -3.31. The molecule has 2 heterocycles. The second kappa shape index (κ2) is 11.2. The van der Waals surface area contributed by atoms with E-state index in [2.05, 4.69) is 4.99 Å². The topological polar surface area (TPSA) is 90.2 Å². The number of methoxy groups -OCH3 is 1. The number of benzene rings is 3. The van der Waals surface area contributed by atoms with Crippen LogP contribution in [0.3, 0.4) is 0 Å². The van der Waals surface area contributed by atoms with E-state index in [0.717, 1.165) is 21.5 Å². The largest absolute Gasteiger partial charge is 0.497 e. The molecule has 8 nitrogen and oxygen atoms in total. The fourth-order valence-corrected chi connectivity index (χ4v) is 7.03. The summed E-state index contributed by atoms with van der Waals surface area (Å²) in [6, 6.07) is 19.6. The number of thiazole rings is 1. The molecule has 0 bridgehead atoms. The lowest BCUT2D eigenvalue weighted by atomic mass is 10.0. The van der Waals surface area contributed by atoms with Gasteiger partial charge in [-0.3, -0.25) is 4.79 Å². The molecule has 0 atom stereocenters. The Morgan fingerprint density at radius 3 is 2.55 bits per heavy atom. The molecular formula is C28H29N3O5S2. The SMILES string of the molecule is CCOCCn1c(=NC(=O)c2ccc(S(=O)(=O)N3CCc4ccccc4C3)cc2)sc2cc(OC)ccc21. The molecule has 3 aromatic carbocycles. The van der Waals surface area contributed by atoms with Crippen LogP contribution in [0, 0.1) is 0 Å². The number of aromatic nitrogens is 1. The smallest absolute Gasteiger partial charge is 0.279 e. The Bertz CT molecular complexity index is 1640. The summed E-state index contributed by atoms with van der Waals surface area (Å²) in [5, 5.41) is 0. The van der Waals surface area contributed by atoms with Crippen LogP contribution in [0.25, 0.3) is 10.2 Å². The van der Waals surface area contributed by atoms with E-state index in [9.17, 15) is 13.2 Å². The summed E-state index contributed by atoms with van der Waals surface area (Å²) in [5.74, 6) is 0.284. The summed E-state index contributed by atoms with van der Waals surface area (Å²) >= 11 is 1.39. The first-order valence-corrected chi connectivity index (χ1v) is 14.7. The van der Waals surface area contributed by atoms with Gasteiger partial charge >= 0.3 is 0 Å². The van der Waals surface area contributed by atoms with Crippen LogP contribution in [0.2, 0.25) is 0 Å². The maximum atomic E-state index is 13.3. The predicted octanol–water partition coefficient (Wildman–Crippen LogP) is 4.24. The first-order valence-electron chi connectivity index (χ1n) is 12.4. The van der Waals surface area contributed by atoms with Crippen LogP contribution in [0.1, 0.15) is 28.4 Å². The third-order valence-electron chi connectivity index (χ3n) is 6.59. The lowest BCUT2D eigenvalue weighted by molar-refractivity contribution is 0.0996. The Balaban J connectivity index is 1.41. The van der Waals surface area contributed by atoms with Crippen LogP contribution in [0.5, 0.6) is 5.75 Å². The van der Waals surface area contributed by atoms with Gasteiger partial charge < -0.3 is 14.0 Å². The maximum absolute atomic E-state index is 13.3. The van der Waals surface area contributed by atoms with Gasteiger partial charge in [-0.1, -0.05) is 35.6 Å². The number of sulfonamides is 1. The molecule has 4 aromatic rings. The summed E-state index contributed by atoms with van der Waals surface area (Å²) < 4.78 is 41.8. The minimum absolute atomic E-state index is 0.161. The van der Waals surface area contributed by atoms with E-state index in [0.29, 0.717) is 49.6 Å². The molecule has 10 heteroatoms. The Labute approximate surface area is 225 Å². The van der Waals surface area contributed by atoms with Gasteiger partial charge in [0.1, 0.15) is 5.75 Å². The van der Waals surface area contributed by atoms with E-state index in [-0.39, 0.29) is 4.90 Å². The van der Waals surface area contributed by atoms with Crippen LogP contribution in [0.15, 0.2) is 76.6 Å². The van der Waals surface area contributed by atoms with Gasteiger partial charge in [0.05, 0.1) is 28.8 Å². The highest BCUT2D eigenvalue weighted by Crippen LogP contribution is 2.26. The molecule has 1 aromatic heterocycles. The van der Waals surface area contributed by atoms with Crippen molar-refractivity contribution in [3.63, 3.8) is 0 Å². The molecule has 0 unspecified atom stereocenters. The molecule has 1 aliphatic heterocycles. The number of fused-ring (bicyclic) bond motifs is 2. The predicted molar refractivity (Wildman–Crippen MR) is 147 cm³/mol. The van der Waals surface area contributed by atoms with Crippen LogP contribution in [-0.4, -0.2) is 50.1 Å². The van der Waals surface area contributed by atoms with Gasteiger partial charge in [0.25, 0.3) is 5.91 Å². The highest BCUT2D eigenvalue weighted by Gasteiger charge is 2.28. The zero-order valence-corrected chi connectivity index (χ0v) is 22.9. The van der Waals surface area contributed by atoms with Crippen molar-refractivity contribution in [3.8, 4) is 5.75 Å². The van der Waals surface area contributed by atoms with Gasteiger partial charge in [-0.2, -0.15) is 9.30 Å². The van der Waals surface area contributed by atoms with Gasteiger partial charge in [0.15, 0.2) is 4.80 Å². The molecule has 1 amide bonds. The second-order valence-corrected chi connectivity index (χ2v) is 11.8. The average molecular weight is 552 g/mol. The number of hydrogen-bond acceptors (Lipinski definition) is 6. The number of carbonyl (C=O) groups excluding carboxylic acids is 1. The molecule has 0 aliphatic carbocycles. The summed E-state index contributed by atoms with van der Waals surface area (Å²) in [7, 11) is -2.07. The molecule has 38 heavy (non-hydrogen) atoms. The number of hydrogen-bond donors (Lipinski definition) is 0. The Morgan fingerprint density at radius 2 is 1.82 bits per heavy atom. The van der Waals surface area contributed by atoms with Gasteiger partial charge in [0.2, 0.25) is 10.0 Å². The minimum atomic E-state index is -3.69. The van der Waals surface area contributed by atoms with Crippen LogP contribution < -0.4 is 9.54 Å². The van der Waals surface area contributed by atoms with Crippen LogP contribution >= 0.6 is 11.3 Å². The molecule has 198 valence electrons. The number of rotatable bonds is 8. The van der Waals surface area contributed by atoms with Gasteiger partial charge in [0, 0.05) is 31.8 Å². The van der Waals surface area contributed by atoms with Gasteiger partial charge in [-0.15, -0.1) is 0 Å². The van der Waals surface area contributed by atoms with Crippen molar-refractivity contribution in [2.24, 2.45) is 4.99 Å². The molecule has 0 fully saturated rings. The summed E-state index contributed by atoms with van der Waals surface area (Å²) in [5.41, 5.74) is 3.46. The van der Waals surface area contributed by atoms with E-state index in [1.165, 1.54) is 45.5 Å². The number of nitrogens with zero attached hydrogens (tertiary/aromatic N) is 3. The van der Waals surface area contributed by atoms with Crippen LogP contribution in [-0.2, 0) is 34.3 Å². The number of ether oxygens (including phenoxy) is 2. The Morgan fingerprint density at radius 1 is 1.05 bits per heavy atom. The van der Waals surface area contributed by atoms with Crippen molar-refractivity contribution in [2.75, 3.05) is 26.9 Å².